The third-order valence-corrected chi connectivity index (χ3v) is 9.96. The SMILES string of the molecule is C=C(C1CCC(CCCCC)CC1)C1CCCCC1/C=C/CC(CC/C=C/C)C1CCCCC1. The molecule has 0 aromatic rings. The predicted molar refractivity (Wildman–Crippen MR) is 152 cm³/mol. The summed E-state index contributed by atoms with van der Waals surface area (Å²) in [4.78, 5) is 0. The molecule has 3 fully saturated rings. The molecule has 3 unspecified atom stereocenters. The van der Waals surface area contributed by atoms with Crippen molar-refractivity contribution >= 4 is 0 Å². The highest BCUT2D eigenvalue weighted by atomic mass is 14.4. The van der Waals surface area contributed by atoms with Gasteiger partial charge >= 0.3 is 0 Å². The lowest BCUT2D eigenvalue weighted by atomic mass is 9.68. The predicted octanol–water partition coefficient (Wildman–Crippen LogP) is 11.2. The molecular weight excluding hydrogens is 408 g/mol. The first kappa shape index (κ1) is 27.8. The molecule has 0 saturated heterocycles. The Labute approximate surface area is 214 Å². The zero-order valence-corrected chi connectivity index (χ0v) is 23.1. The van der Waals surface area contributed by atoms with Crippen LogP contribution in [0.3, 0.4) is 0 Å². The quantitative estimate of drug-likeness (QED) is 0.187. The highest BCUT2D eigenvalue weighted by Gasteiger charge is 2.31. The number of rotatable bonds is 13. The van der Waals surface area contributed by atoms with Crippen molar-refractivity contribution in [3.63, 3.8) is 0 Å². The molecule has 0 aromatic carbocycles. The monoisotopic (exact) mass is 466 g/mol. The molecule has 0 spiro atoms. The van der Waals surface area contributed by atoms with Crippen LogP contribution >= 0.6 is 0 Å². The molecule has 0 amide bonds. The van der Waals surface area contributed by atoms with Crippen molar-refractivity contribution in [3.05, 3.63) is 36.5 Å². The molecule has 34 heavy (non-hydrogen) atoms. The third-order valence-electron chi connectivity index (χ3n) is 9.96. The molecule has 0 nitrogen and oxygen atoms in total. The zero-order valence-electron chi connectivity index (χ0n) is 23.1. The fourth-order valence-corrected chi connectivity index (χ4v) is 7.71. The summed E-state index contributed by atoms with van der Waals surface area (Å²) >= 11 is 0. The Kier molecular flexibility index (Phi) is 13.1. The molecule has 3 aliphatic rings. The molecule has 0 heterocycles. The normalized spacial score (nSPS) is 30.2. The molecule has 194 valence electrons. The molecule has 3 saturated carbocycles. The van der Waals surface area contributed by atoms with Gasteiger partial charge in [-0.3, -0.25) is 0 Å². The number of hydrogen-bond donors (Lipinski definition) is 0. The van der Waals surface area contributed by atoms with Gasteiger partial charge < -0.3 is 0 Å². The van der Waals surface area contributed by atoms with Crippen molar-refractivity contribution in [2.24, 2.45) is 35.5 Å². The Bertz CT molecular complexity index is 596. The second-order valence-corrected chi connectivity index (χ2v) is 12.3. The van der Waals surface area contributed by atoms with Crippen LogP contribution in [0.15, 0.2) is 36.5 Å². The van der Waals surface area contributed by atoms with Crippen LogP contribution in [0.5, 0.6) is 0 Å². The molecule has 3 rings (SSSR count). The van der Waals surface area contributed by atoms with Gasteiger partial charge in [0.05, 0.1) is 0 Å². The van der Waals surface area contributed by atoms with E-state index in [1.54, 1.807) is 5.57 Å². The highest BCUT2D eigenvalue weighted by molar-refractivity contribution is 5.13. The number of hydrogen-bond acceptors (Lipinski definition) is 0. The molecule has 3 aliphatic carbocycles. The maximum absolute atomic E-state index is 4.78. The van der Waals surface area contributed by atoms with Crippen LogP contribution < -0.4 is 0 Å². The van der Waals surface area contributed by atoms with Crippen molar-refractivity contribution in [1.82, 2.24) is 0 Å². The van der Waals surface area contributed by atoms with E-state index < -0.39 is 0 Å². The Hall–Kier alpha value is -0.780. The van der Waals surface area contributed by atoms with E-state index in [1.807, 2.05) is 0 Å². The van der Waals surface area contributed by atoms with Crippen molar-refractivity contribution < 1.29 is 0 Å². The molecule has 0 N–H and O–H groups in total. The lowest BCUT2D eigenvalue weighted by molar-refractivity contribution is 0.235. The van der Waals surface area contributed by atoms with E-state index in [-0.39, 0.29) is 0 Å². The summed E-state index contributed by atoms with van der Waals surface area (Å²) in [5.74, 6) is 5.25. The van der Waals surface area contributed by atoms with Crippen LogP contribution in [0.1, 0.15) is 142 Å². The summed E-state index contributed by atoms with van der Waals surface area (Å²) in [6.45, 7) is 9.28. The maximum Gasteiger partial charge on any atom is -0.0140 e. The minimum absolute atomic E-state index is 0.766. The van der Waals surface area contributed by atoms with Crippen LogP contribution in [0.25, 0.3) is 0 Å². The van der Waals surface area contributed by atoms with E-state index in [1.165, 1.54) is 128 Å². The van der Waals surface area contributed by atoms with Gasteiger partial charge in [0.15, 0.2) is 0 Å². The van der Waals surface area contributed by atoms with Gasteiger partial charge in [0.1, 0.15) is 0 Å². The Balaban J connectivity index is 1.51. The van der Waals surface area contributed by atoms with E-state index in [2.05, 4.69) is 38.2 Å². The molecule has 0 heteroatoms. The fourth-order valence-electron chi connectivity index (χ4n) is 7.71. The van der Waals surface area contributed by atoms with Crippen LogP contribution in [0.2, 0.25) is 0 Å². The summed E-state index contributed by atoms with van der Waals surface area (Å²) < 4.78 is 0. The van der Waals surface area contributed by atoms with E-state index in [0.29, 0.717) is 0 Å². The molecule has 0 bridgehead atoms. The molecule has 0 radical (unpaired) electrons. The van der Waals surface area contributed by atoms with Gasteiger partial charge in [-0.05, 0) is 100 Å². The Morgan fingerprint density at radius 2 is 1.59 bits per heavy atom. The Morgan fingerprint density at radius 3 is 2.32 bits per heavy atom. The first-order chi connectivity index (χ1) is 16.7. The summed E-state index contributed by atoms with van der Waals surface area (Å²) in [5.41, 5.74) is 1.65. The molecule has 0 aliphatic heterocycles. The second-order valence-electron chi connectivity index (χ2n) is 12.3. The van der Waals surface area contributed by atoms with Crippen molar-refractivity contribution in [2.45, 2.75) is 142 Å². The van der Waals surface area contributed by atoms with Crippen molar-refractivity contribution in [2.75, 3.05) is 0 Å². The zero-order chi connectivity index (χ0) is 24.0. The lowest BCUT2D eigenvalue weighted by Gasteiger charge is -2.38. The van der Waals surface area contributed by atoms with Crippen LogP contribution in [-0.2, 0) is 0 Å². The summed E-state index contributed by atoms with van der Waals surface area (Å²) in [6.07, 6.45) is 38.5. The van der Waals surface area contributed by atoms with Gasteiger partial charge in [0.25, 0.3) is 0 Å². The summed E-state index contributed by atoms with van der Waals surface area (Å²) in [7, 11) is 0. The van der Waals surface area contributed by atoms with E-state index in [4.69, 9.17) is 6.58 Å². The van der Waals surface area contributed by atoms with Gasteiger partial charge in [0, 0.05) is 0 Å². The number of unbranched alkanes of at least 4 members (excludes halogenated alkanes) is 2. The maximum atomic E-state index is 4.78. The van der Waals surface area contributed by atoms with Gasteiger partial charge in [-0.15, -0.1) is 0 Å². The Morgan fingerprint density at radius 1 is 0.853 bits per heavy atom. The third kappa shape index (κ3) is 9.02. The van der Waals surface area contributed by atoms with Gasteiger partial charge in [-0.1, -0.05) is 114 Å². The molecular formula is C34H58. The minimum Gasteiger partial charge on any atom is -0.0993 e. The van der Waals surface area contributed by atoms with E-state index in [9.17, 15) is 0 Å². The minimum atomic E-state index is 0.766. The smallest absolute Gasteiger partial charge is 0.0140 e. The largest absolute Gasteiger partial charge is 0.0993 e. The standard InChI is InChI=1S/C34H58/c1-4-6-9-16-29-24-26-30(27-25-29)28(3)34-23-14-13-20-33(34)22-15-21-32(17-10-7-5-2)31-18-11-8-12-19-31/h5,7,15,22,29-34H,3-4,6,8-14,16-21,23-27H2,1-2H3/b7-5+,22-15+. The highest BCUT2D eigenvalue weighted by Crippen LogP contribution is 2.44. The van der Waals surface area contributed by atoms with Crippen LogP contribution in [0, 0.1) is 35.5 Å². The first-order valence-electron chi connectivity index (χ1n) is 15.7. The average molecular weight is 467 g/mol. The van der Waals surface area contributed by atoms with Crippen LogP contribution in [-0.4, -0.2) is 0 Å². The van der Waals surface area contributed by atoms with E-state index in [0.717, 1.165) is 35.5 Å². The summed E-state index contributed by atoms with van der Waals surface area (Å²) in [5, 5.41) is 0. The summed E-state index contributed by atoms with van der Waals surface area (Å²) in [6, 6.07) is 0. The van der Waals surface area contributed by atoms with Gasteiger partial charge in [-0.25, -0.2) is 0 Å². The first-order valence-corrected chi connectivity index (χ1v) is 15.7. The topological polar surface area (TPSA) is 0 Å². The fraction of sp³-hybridized carbons (Fsp3) is 0.824. The van der Waals surface area contributed by atoms with Crippen molar-refractivity contribution in [1.29, 1.82) is 0 Å². The van der Waals surface area contributed by atoms with Gasteiger partial charge in [-0.2, -0.15) is 0 Å². The van der Waals surface area contributed by atoms with Crippen LogP contribution in [0.4, 0.5) is 0 Å². The molecule has 0 aromatic heterocycles. The second kappa shape index (κ2) is 16.1. The van der Waals surface area contributed by atoms with E-state index >= 15 is 0 Å². The average Bonchev–Trinajstić information content (AvgIpc) is 2.89. The van der Waals surface area contributed by atoms with Crippen molar-refractivity contribution in [3.8, 4) is 0 Å². The molecule has 3 atom stereocenters. The number of allylic oxidation sites excluding steroid dienone is 5. The lowest BCUT2D eigenvalue weighted by Crippen LogP contribution is -2.26. The van der Waals surface area contributed by atoms with Gasteiger partial charge in [0.2, 0.25) is 0 Å².